The van der Waals surface area contributed by atoms with Crippen molar-refractivity contribution in [3.05, 3.63) is 28.7 Å². The molecule has 2 N–H and O–H groups in total. The first-order valence-electron chi connectivity index (χ1n) is 3.50. The number of hydrogen-bond donors (Lipinski definition) is 2. The molecule has 0 aromatic carbocycles. The van der Waals surface area contributed by atoms with Gasteiger partial charge in [-0.05, 0) is 6.07 Å². The summed E-state index contributed by atoms with van der Waals surface area (Å²) in [7, 11) is -5.44. The maximum Gasteiger partial charge on any atom is 0.516 e. The van der Waals surface area contributed by atoms with E-state index < -0.39 is 21.1 Å². The van der Waals surface area contributed by atoms with Crippen LogP contribution in [0, 0.1) is 0 Å². The Morgan fingerprint density at radius 3 is 2.27 bits per heavy atom. The van der Waals surface area contributed by atoms with Gasteiger partial charge in [-0.3, -0.25) is 9.52 Å². The van der Waals surface area contributed by atoms with E-state index in [0.717, 1.165) is 18.3 Å². The Bertz CT molecular complexity index is 485. The molecule has 0 radical (unpaired) electrons. The lowest BCUT2D eigenvalue weighted by molar-refractivity contribution is -0.0429. The lowest BCUT2D eigenvalue weighted by Crippen LogP contribution is -2.30. The van der Waals surface area contributed by atoms with Gasteiger partial charge in [0.05, 0.1) is 5.69 Å². The van der Waals surface area contributed by atoms with Crippen LogP contribution in [0.25, 0.3) is 0 Å². The van der Waals surface area contributed by atoms with Crippen molar-refractivity contribution in [2.45, 2.75) is 5.51 Å². The first-order chi connectivity index (χ1) is 6.72. The number of pyridine rings is 1. The fourth-order valence-electron chi connectivity index (χ4n) is 0.687. The first kappa shape index (κ1) is 11.6. The summed E-state index contributed by atoms with van der Waals surface area (Å²) < 4.78 is 58.0. The largest absolute Gasteiger partial charge is 0.516 e. The highest BCUT2D eigenvalue weighted by molar-refractivity contribution is 7.93. The molecule has 5 nitrogen and oxygen atoms in total. The lowest BCUT2D eigenvalue weighted by atomic mass is 10.4. The predicted octanol–water partition coefficient (Wildman–Crippen LogP) is 0.636. The molecule has 0 saturated heterocycles. The SMILES string of the molecule is O=c1ccc(NS(=O)(=O)C(F)(F)F)c[nH]1. The van der Waals surface area contributed by atoms with E-state index in [0.29, 0.717) is 0 Å². The fraction of sp³-hybridized carbons (Fsp3) is 0.167. The van der Waals surface area contributed by atoms with Crippen molar-refractivity contribution in [3.63, 3.8) is 0 Å². The average molecular weight is 242 g/mol. The summed E-state index contributed by atoms with van der Waals surface area (Å²) in [6.07, 6.45) is 0.825. The van der Waals surface area contributed by atoms with Crippen LogP contribution >= 0.6 is 0 Å². The van der Waals surface area contributed by atoms with Gasteiger partial charge >= 0.3 is 15.5 Å². The Labute approximate surface area is 82.0 Å². The van der Waals surface area contributed by atoms with Crippen LogP contribution in [0.3, 0.4) is 0 Å². The molecule has 84 valence electrons. The van der Waals surface area contributed by atoms with Crippen LogP contribution in [0.2, 0.25) is 0 Å². The van der Waals surface area contributed by atoms with Gasteiger partial charge in [0.25, 0.3) is 0 Å². The number of nitrogens with one attached hydrogen (secondary N) is 2. The van der Waals surface area contributed by atoms with Crippen LogP contribution in [0.5, 0.6) is 0 Å². The minimum absolute atomic E-state index is 0.369. The highest BCUT2D eigenvalue weighted by Crippen LogP contribution is 2.24. The topological polar surface area (TPSA) is 79.0 Å². The second-order valence-electron chi connectivity index (χ2n) is 2.49. The number of rotatable bonds is 2. The molecule has 0 atom stereocenters. The van der Waals surface area contributed by atoms with Crippen LogP contribution in [0.1, 0.15) is 0 Å². The summed E-state index contributed by atoms with van der Waals surface area (Å²) >= 11 is 0. The Kier molecular flexibility index (Phi) is 2.75. The van der Waals surface area contributed by atoms with Crippen molar-refractivity contribution < 1.29 is 21.6 Å². The molecule has 15 heavy (non-hydrogen) atoms. The summed E-state index contributed by atoms with van der Waals surface area (Å²) in [4.78, 5) is 12.6. The second-order valence-corrected chi connectivity index (χ2v) is 4.17. The van der Waals surface area contributed by atoms with Crippen molar-refractivity contribution in [1.82, 2.24) is 4.98 Å². The van der Waals surface area contributed by atoms with Crippen LogP contribution in [0.4, 0.5) is 18.9 Å². The van der Waals surface area contributed by atoms with E-state index in [1.54, 1.807) is 0 Å². The minimum Gasteiger partial charge on any atom is -0.327 e. The van der Waals surface area contributed by atoms with E-state index >= 15 is 0 Å². The number of aromatic nitrogens is 1. The summed E-state index contributed by atoms with van der Waals surface area (Å²) in [6.45, 7) is 0. The number of H-pyrrole nitrogens is 1. The fourth-order valence-corrected chi connectivity index (χ4v) is 1.24. The monoisotopic (exact) mass is 242 g/mol. The molecule has 1 rings (SSSR count). The zero-order valence-electron chi connectivity index (χ0n) is 7.00. The Balaban J connectivity index is 2.98. The molecule has 0 aliphatic heterocycles. The van der Waals surface area contributed by atoms with Crippen molar-refractivity contribution in [2.75, 3.05) is 4.72 Å². The van der Waals surface area contributed by atoms with Gasteiger partial charge in [0.1, 0.15) is 0 Å². The van der Waals surface area contributed by atoms with Gasteiger partial charge in [-0.1, -0.05) is 0 Å². The highest BCUT2D eigenvalue weighted by atomic mass is 32.2. The molecule has 1 heterocycles. The molecule has 0 fully saturated rings. The quantitative estimate of drug-likeness (QED) is 0.798. The number of aromatic amines is 1. The van der Waals surface area contributed by atoms with Gasteiger partial charge in [0.15, 0.2) is 0 Å². The third-order valence-electron chi connectivity index (χ3n) is 1.34. The molecule has 0 aliphatic rings. The van der Waals surface area contributed by atoms with Crippen molar-refractivity contribution in [3.8, 4) is 0 Å². The molecule has 0 spiro atoms. The maximum absolute atomic E-state index is 11.9. The van der Waals surface area contributed by atoms with Crippen molar-refractivity contribution >= 4 is 15.7 Å². The smallest absolute Gasteiger partial charge is 0.327 e. The number of sulfonamides is 1. The van der Waals surface area contributed by atoms with Gasteiger partial charge < -0.3 is 4.98 Å². The van der Waals surface area contributed by atoms with E-state index in [1.807, 2.05) is 4.98 Å². The average Bonchev–Trinajstić information content (AvgIpc) is 2.06. The molecule has 0 bridgehead atoms. The van der Waals surface area contributed by atoms with Gasteiger partial charge in [-0.15, -0.1) is 0 Å². The highest BCUT2D eigenvalue weighted by Gasteiger charge is 2.46. The molecule has 1 aromatic rings. The van der Waals surface area contributed by atoms with Crippen LogP contribution in [-0.2, 0) is 10.0 Å². The number of alkyl halides is 3. The number of halogens is 3. The summed E-state index contributed by atoms with van der Waals surface area (Å²) in [5.41, 5.74) is -6.31. The lowest BCUT2D eigenvalue weighted by Gasteiger charge is -2.09. The van der Waals surface area contributed by atoms with E-state index in [9.17, 15) is 26.4 Å². The van der Waals surface area contributed by atoms with Gasteiger partial charge in [0, 0.05) is 12.3 Å². The zero-order chi connectivity index (χ0) is 11.7. The van der Waals surface area contributed by atoms with Gasteiger partial charge in [-0.25, -0.2) is 0 Å². The van der Waals surface area contributed by atoms with Gasteiger partial charge in [-0.2, -0.15) is 21.6 Å². The molecule has 0 aliphatic carbocycles. The Hall–Kier alpha value is -1.51. The molecule has 9 heteroatoms. The third-order valence-corrected chi connectivity index (χ3v) is 2.45. The standard InChI is InChI=1S/C6H5F3N2O3S/c7-6(8,9)15(13,14)11-4-1-2-5(12)10-3-4/h1-3,11H,(H,10,12). The van der Waals surface area contributed by atoms with E-state index in [1.165, 1.54) is 4.72 Å². The Morgan fingerprint density at radius 2 is 1.87 bits per heavy atom. The molecular weight excluding hydrogens is 237 g/mol. The summed E-state index contributed by atoms with van der Waals surface area (Å²) in [5, 5.41) is 0. The van der Waals surface area contributed by atoms with Crippen LogP contribution in [-0.4, -0.2) is 18.9 Å². The normalized spacial score (nSPS) is 12.5. The van der Waals surface area contributed by atoms with E-state index in [4.69, 9.17) is 0 Å². The molecule has 0 amide bonds. The second kappa shape index (κ2) is 3.57. The summed E-state index contributed by atoms with van der Waals surface area (Å²) in [5.74, 6) is 0. The van der Waals surface area contributed by atoms with Crippen LogP contribution in [0.15, 0.2) is 23.1 Å². The zero-order valence-corrected chi connectivity index (χ0v) is 7.82. The van der Waals surface area contributed by atoms with Crippen LogP contribution < -0.4 is 10.3 Å². The summed E-state index contributed by atoms with van der Waals surface area (Å²) in [6, 6.07) is 1.82. The number of hydrogen-bond acceptors (Lipinski definition) is 3. The first-order valence-corrected chi connectivity index (χ1v) is 4.98. The molecule has 0 unspecified atom stereocenters. The molecular formula is C6H5F3N2O3S. The minimum atomic E-state index is -5.44. The third kappa shape index (κ3) is 2.72. The van der Waals surface area contributed by atoms with Crippen molar-refractivity contribution in [1.29, 1.82) is 0 Å². The van der Waals surface area contributed by atoms with E-state index in [2.05, 4.69) is 0 Å². The Morgan fingerprint density at radius 1 is 1.27 bits per heavy atom. The maximum atomic E-state index is 11.9. The number of anilines is 1. The van der Waals surface area contributed by atoms with Gasteiger partial charge in [0.2, 0.25) is 5.56 Å². The molecule has 0 saturated carbocycles. The predicted molar refractivity (Wildman–Crippen MR) is 45.7 cm³/mol. The van der Waals surface area contributed by atoms with E-state index in [-0.39, 0.29) is 5.69 Å². The van der Waals surface area contributed by atoms with Crippen molar-refractivity contribution in [2.24, 2.45) is 0 Å². The molecule has 1 aromatic heterocycles.